The van der Waals surface area contributed by atoms with Crippen LogP contribution in [0.15, 0.2) is 28.7 Å². The lowest BCUT2D eigenvalue weighted by atomic mass is 10.0. The van der Waals surface area contributed by atoms with E-state index >= 15 is 0 Å². The molecule has 0 bridgehead atoms. The third-order valence-electron chi connectivity index (χ3n) is 2.67. The quantitative estimate of drug-likeness (QED) is 0.789. The van der Waals surface area contributed by atoms with Gasteiger partial charge in [-0.3, -0.25) is 4.79 Å². The van der Waals surface area contributed by atoms with Crippen LogP contribution in [-0.2, 0) is 4.79 Å². The second kappa shape index (κ2) is 7.38. The Labute approximate surface area is 116 Å². The van der Waals surface area contributed by atoms with Crippen molar-refractivity contribution in [3.63, 3.8) is 0 Å². The number of ether oxygens (including phenoxy) is 1. The van der Waals surface area contributed by atoms with Gasteiger partial charge in [0.2, 0.25) is 5.91 Å². The van der Waals surface area contributed by atoms with Crippen molar-refractivity contribution in [3.05, 3.63) is 28.7 Å². The van der Waals surface area contributed by atoms with E-state index in [2.05, 4.69) is 21.2 Å². The second-order valence-corrected chi connectivity index (χ2v) is 5.16. The topological polar surface area (TPSA) is 64.4 Å². The molecule has 1 aromatic rings. The van der Waals surface area contributed by atoms with E-state index in [0.717, 1.165) is 10.2 Å². The molecule has 0 aromatic heterocycles. The summed E-state index contributed by atoms with van der Waals surface area (Å²) in [7, 11) is 0. The molecule has 1 rings (SSSR count). The maximum atomic E-state index is 11.6. The Kier molecular flexibility index (Phi) is 6.15. The van der Waals surface area contributed by atoms with Crippen LogP contribution < -0.4 is 15.8 Å². The molecule has 0 fully saturated rings. The van der Waals surface area contributed by atoms with Gasteiger partial charge in [0.1, 0.15) is 12.4 Å². The lowest BCUT2D eigenvalue weighted by molar-refractivity contribution is -0.125. The number of benzene rings is 1. The normalized spacial score (nSPS) is 13.8. The Balaban J connectivity index is 2.25. The second-order valence-electron chi connectivity index (χ2n) is 4.24. The predicted molar refractivity (Wildman–Crippen MR) is 75.5 cm³/mol. The van der Waals surface area contributed by atoms with Crippen LogP contribution in [0.5, 0.6) is 5.75 Å². The van der Waals surface area contributed by atoms with Gasteiger partial charge in [0, 0.05) is 16.4 Å². The third-order valence-corrected chi connectivity index (χ3v) is 3.16. The summed E-state index contributed by atoms with van der Waals surface area (Å²) in [6.45, 7) is 4.55. The molecule has 0 spiro atoms. The molecule has 2 atom stereocenters. The zero-order chi connectivity index (χ0) is 13.5. The standard InChI is InChI=1S/C13H19BrN2O2/c1-9(10(2)15)13(17)16-6-7-18-12-5-3-4-11(14)8-12/h3-5,8-10H,6-7,15H2,1-2H3,(H,16,17). The Morgan fingerprint density at radius 2 is 2.22 bits per heavy atom. The molecule has 0 radical (unpaired) electrons. The number of carbonyl (C=O) groups excluding carboxylic acids is 1. The first-order chi connectivity index (χ1) is 8.50. The number of carbonyl (C=O) groups is 1. The minimum absolute atomic E-state index is 0.0390. The molecule has 1 amide bonds. The van der Waals surface area contributed by atoms with Gasteiger partial charge in [-0.2, -0.15) is 0 Å². The first-order valence-electron chi connectivity index (χ1n) is 5.92. The van der Waals surface area contributed by atoms with Gasteiger partial charge in [-0.05, 0) is 25.1 Å². The average molecular weight is 315 g/mol. The molecule has 0 aliphatic heterocycles. The Bertz CT molecular complexity index is 396. The van der Waals surface area contributed by atoms with Crippen molar-refractivity contribution in [1.29, 1.82) is 0 Å². The molecule has 2 unspecified atom stereocenters. The van der Waals surface area contributed by atoms with E-state index in [-0.39, 0.29) is 17.9 Å². The number of nitrogens with two attached hydrogens (primary N) is 1. The van der Waals surface area contributed by atoms with Crippen LogP contribution in [0.1, 0.15) is 13.8 Å². The third kappa shape index (κ3) is 5.06. The smallest absolute Gasteiger partial charge is 0.224 e. The highest BCUT2D eigenvalue weighted by atomic mass is 79.9. The summed E-state index contributed by atoms with van der Waals surface area (Å²) >= 11 is 3.37. The molecule has 1 aromatic carbocycles. The minimum atomic E-state index is -0.184. The number of hydrogen-bond acceptors (Lipinski definition) is 3. The highest BCUT2D eigenvalue weighted by Gasteiger charge is 2.15. The summed E-state index contributed by atoms with van der Waals surface area (Å²) in [5, 5.41) is 2.79. The molecule has 0 saturated heterocycles. The fourth-order valence-corrected chi connectivity index (χ4v) is 1.68. The van der Waals surface area contributed by atoms with Gasteiger partial charge in [0.25, 0.3) is 0 Å². The van der Waals surface area contributed by atoms with E-state index in [1.54, 1.807) is 0 Å². The van der Waals surface area contributed by atoms with E-state index in [1.807, 2.05) is 38.1 Å². The summed E-state index contributed by atoms with van der Waals surface area (Å²) in [6.07, 6.45) is 0. The number of amides is 1. The van der Waals surface area contributed by atoms with Gasteiger partial charge in [0.15, 0.2) is 0 Å². The molecule has 0 aliphatic carbocycles. The number of nitrogens with one attached hydrogen (secondary N) is 1. The summed E-state index contributed by atoms with van der Waals surface area (Å²) in [5.41, 5.74) is 5.65. The van der Waals surface area contributed by atoms with E-state index in [4.69, 9.17) is 10.5 Å². The molecule has 0 heterocycles. The molecule has 100 valence electrons. The van der Waals surface area contributed by atoms with E-state index in [9.17, 15) is 4.79 Å². The largest absolute Gasteiger partial charge is 0.492 e. The van der Waals surface area contributed by atoms with Crippen LogP contribution in [0.25, 0.3) is 0 Å². The zero-order valence-corrected chi connectivity index (χ0v) is 12.2. The highest BCUT2D eigenvalue weighted by Crippen LogP contribution is 2.17. The van der Waals surface area contributed by atoms with Crippen molar-refractivity contribution in [1.82, 2.24) is 5.32 Å². The number of hydrogen-bond donors (Lipinski definition) is 2. The average Bonchev–Trinajstić information content (AvgIpc) is 2.33. The van der Waals surface area contributed by atoms with Crippen LogP contribution in [0.3, 0.4) is 0 Å². The van der Waals surface area contributed by atoms with E-state index in [1.165, 1.54) is 0 Å². The Morgan fingerprint density at radius 3 is 2.83 bits per heavy atom. The fourth-order valence-electron chi connectivity index (χ4n) is 1.30. The molecule has 3 N–H and O–H groups in total. The van der Waals surface area contributed by atoms with Gasteiger partial charge >= 0.3 is 0 Å². The molecule has 5 heteroatoms. The monoisotopic (exact) mass is 314 g/mol. The fraction of sp³-hybridized carbons (Fsp3) is 0.462. The first-order valence-corrected chi connectivity index (χ1v) is 6.71. The van der Waals surface area contributed by atoms with Crippen LogP contribution >= 0.6 is 15.9 Å². The van der Waals surface area contributed by atoms with Crippen LogP contribution in [0.2, 0.25) is 0 Å². The lowest BCUT2D eigenvalue weighted by Gasteiger charge is -2.15. The minimum Gasteiger partial charge on any atom is -0.492 e. The van der Waals surface area contributed by atoms with Crippen molar-refractivity contribution >= 4 is 21.8 Å². The summed E-state index contributed by atoms with van der Waals surface area (Å²) in [6, 6.07) is 7.44. The van der Waals surface area contributed by atoms with Gasteiger partial charge in [-0.1, -0.05) is 28.9 Å². The van der Waals surface area contributed by atoms with Gasteiger partial charge in [-0.25, -0.2) is 0 Å². The van der Waals surface area contributed by atoms with E-state index in [0.29, 0.717) is 13.2 Å². The van der Waals surface area contributed by atoms with Crippen LogP contribution in [-0.4, -0.2) is 25.1 Å². The van der Waals surface area contributed by atoms with Gasteiger partial charge in [0.05, 0.1) is 6.54 Å². The zero-order valence-electron chi connectivity index (χ0n) is 10.7. The molecule has 0 aliphatic rings. The van der Waals surface area contributed by atoms with Crippen molar-refractivity contribution < 1.29 is 9.53 Å². The summed E-state index contributed by atoms with van der Waals surface area (Å²) in [4.78, 5) is 11.6. The predicted octanol–water partition coefficient (Wildman–Crippen LogP) is 1.93. The first kappa shape index (κ1) is 15.0. The lowest BCUT2D eigenvalue weighted by Crippen LogP contribution is -2.40. The summed E-state index contributed by atoms with van der Waals surface area (Å²) < 4.78 is 6.47. The Hall–Kier alpha value is -1.07. The molecular weight excluding hydrogens is 296 g/mol. The van der Waals surface area contributed by atoms with E-state index < -0.39 is 0 Å². The summed E-state index contributed by atoms with van der Waals surface area (Å²) in [5.74, 6) is 0.553. The maximum absolute atomic E-state index is 11.6. The molecule has 0 saturated carbocycles. The molecule has 18 heavy (non-hydrogen) atoms. The molecule has 4 nitrogen and oxygen atoms in total. The maximum Gasteiger partial charge on any atom is 0.224 e. The van der Waals surface area contributed by atoms with Crippen LogP contribution in [0, 0.1) is 5.92 Å². The SMILES string of the molecule is CC(N)C(C)C(=O)NCCOc1cccc(Br)c1. The Morgan fingerprint density at radius 1 is 1.50 bits per heavy atom. The van der Waals surface area contributed by atoms with Crippen LogP contribution in [0.4, 0.5) is 0 Å². The van der Waals surface area contributed by atoms with Crippen molar-refractivity contribution in [3.8, 4) is 5.75 Å². The van der Waals surface area contributed by atoms with Crippen molar-refractivity contribution in [2.24, 2.45) is 11.7 Å². The highest BCUT2D eigenvalue weighted by molar-refractivity contribution is 9.10. The number of rotatable bonds is 6. The molecular formula is C13H19BrN2O2. The van der Waals surface area contributed by atoms with Crippen molar-refractivity contribution in [2.75, 3.05) is 13.2 Å². The van der Waals surface area contributed by atoms with Gasteiger partial charge < -0.3 is 15.8 Å². The van der Waals surface area contributed by atoms with Gasteiger partial charge in [-0.15, -0.1) is 0 Å². The number of halogens is 1. The van der Waals surface area contributed by atoms with Crippen molar-refractivity contribution in [2.45, 2.75) is 19.9 Å².